The molecule has 27 heavy (non-hydrogen) atoms. The molecule has 7 nitrogen and oxygen atoms in total. The normalized spacial score (nSPS) is 13.3. The molecule has 1 fully saturated rings. The molecular weight excluding hydrogens is 384 g/mol. The first-order valence-corrected chi connectivity index (χ1v) is 10.4. The van der Waals surface area contributed by atoms with E-state index < -0.39 is 5.97 Å². The van der Waals surface area contributed by atoms with Crippen molar-refractivity contribution in [2.24, 2.45) is 0 Å². The van der Waals surface area contributed by atoms with Crippen molar-refractivity contribution < 1.29 is 14.1 Å². The average Bonchev–Trinajstić information content (AvgIpc) is 3.19. The van der Waals surface area contributed by atoms with Gasteiger partial charge in [-0.3, -0.25) is 0 Å². The summed E-state index contributed by atoms with van der Waals surface area (Å²) in [7, 11) is 0. The molecule has 0 N–H and O–H groups in total. The van der Waals surface area contributed by atoms with Crippen LogP contribution in [0, 0.1) is 11.3 Å². The molecule has 4 rings (SSSR count). The highest BCUT2D eigenvalue weighted by Gasteiger charge is 2.29. The van der Waals surface area contributed by atoms with Crippen LogP contribution in [0.4, 0.5) is 0 Å². The Hall–Kier alpha value is -2.70. The Morgan fingerprint density at radius 3 is 3.00 bits per heavy atom. The van der Waals surface area contributed by atoms with Gasteiger partial charge in [0.05, 0.1) is 11.1 Å². The number of nitriles is 1. The standard InChI is InChI=1S/C18H14N4O3S2/c1-26-17-13(7-19)12(6-14(20-17)10-2-3-10)18(23)24-8-15-21-16(22-25-15)11-4-5-27-9-11/h4-6,9-10H,2-3,8H2,1H3. The van der Waals surface area contributed by atoms with Gasteiger partial charge in [-0.25, -0.2) is 9.78 Å². The lowest BCUT2D eigenvalue weighted by Gasteiger charge is -2.09. The highest BCUT2D eigenvalue weighted by atomic mass is 32.2. The molecule has 3 heterocycles. The number of hydrogen-bond acceptors (Lipinski definition) is 9. The van der Waals surface area contributed by atoms with Crippen LogP contribution in [-0.4, -0.2) is 27.3 Å². The van der Waals surface area contributed by atoms with Crippen molar-refractivity contribution in [2.45, 2.75) is 30.4 Å². The number of thioether (sulfide) groups is 1. The number of nitrogens with zero attached hydrogens (tertiary/aromatic N) is 4. The second kappa shape index (κ2) is 7.50. The third kappa shape index (κ3) is 3.72. The van der Waals surface area contributed by atoms with E-state index in [0.717, 1.165) is 24.1 Å². The number of carbonyl (C=O) groups excluding carboxylic acids is 1. The fourth-order valence-corrected chi connectivity index (χ4v) is 3.76. The van der Waals surface area contributed by atoms with Crippen molar-refractivity contribution in [1.82, 2.24) is 15.1 Å². The summed E-state index contributed by atoms with van der Waals surface area (Å²) in [4.78, 5) is 21.3. The quantitative estimate of drug-likeness (QED) is 0.453. The van der Waals surface area contributed by atoms with E-state index in [0.29, 0.717) is 16.8 Å². The molecule has 136 valence electrons. The molecule has 0 amide bonds. The number of hydrogen-bond donors (Lipinski definition) is 0. The predicted octanol–water partition coefficient (Wildman–Crippen LogP) is 4.02. The van der Waals surface area contributed by atoms with Crippen LogP contribution in [-0.2, 0) is 11.3 Å². The van der Waals surface area contributed by atoms with Gasteiger partial charge in [0.2, 0.25) is 5.82 Å². The minimum Gasteiger partial charge on any atom is -0.452 e. The van der Waals surface area contributed by atoms with Crippen LogP contribution in [0.25, 0.3) is 11.4 Å². The molecule has 0 bridgehead atoms. The summed E-state index contributed by atoms with van der Waals surface area (Å²) in [5, 5.41) is 17.7. The summed E-state index contributed by atoms with van der Waals surface area (Å²) in [5.74, 6) is 0.412. The molecule has 0 radical (unpaired) electrons. The van der Waals surface area contributed by atoms with Gasteiger partial charge in [0.15, 0.2) is 6.61 Å². The Kier molecular flexibility index (Phi) is 4.92. The van der Waals surface area contributed by atoms with Crippen LogP contribution in [0.5, 0.6) is 0 Å². The van der Waals surface area contributed by atoms with Crippen molar-refractivity contribution >= 4 is 29.1 Å². The van der Waals surface area contributed by atoms with Gasteiger partial charge in [0, 0.05) is 22.6 Å². The third-order valence-electron chi connectivity index (χ3n) is 4.10. The van der Waals surface area contributed by atoms with E-state index in [-0.39, 0.29) is 23.6 Å². The summed E-state index contributed by atoms with van der Waals surface area (Å²) in [5.41, 5.74) is 2.15. The summed E-state index contributed by atoms with van der Waals surface area (Å²) >= 11 is 2.88. The average molecular weight is 398 g/mol. The Morgan fingerprint density at radius 1 is 1.48 bits per heavy atom. The lowest BCUT2D eigenvalue weighted by Crippen LogP contribution is -2.10. The Balaban J connectivity index is 1.53. The summed E-state index contributed by atoms with van der Waals surface area (Å²) < 4.78 is 10.5. The zero-order valence-electron chi connectivity index (χ0n) is 14.3. The number of rotatable bonds is 6. The van der Waals surface area contributed by atoms with Crippen LogP contribution in [0.1, 0.15) is 46.3 Å². The Labute approximate surface area is 163 Å². The van der Waals surface area contributed by atoms with Gasteiger partial charge in [-0.2, -0.15) is 21.6 Å². The van der Waals surface area contributed by atoms with Gasteiger partial charge < -0.3 is 9.26 Å². The highest BCUT2D eigenvalue weighted by Crippen LogP contribution is 2.40. The number of carbonyl (C=O) groups is 1. The van der Waals surface area contributed by atoms with Crippen molar-refractivity contribution in [3.63, 3.8) is 0 Å². The van der Waals surface area contributed by atoms with Crippen LogP contribution in [0.15, 0.2) is 32.4 Å². The largest absolute Gasteiger partial charge is 0.452 e. The zero-order valence-corrected chi connectivity index (χ0v) is 16.0. The highest BCUT2D eigenvalue weighted by molar-refractivity contribution is 7.98. The van der Waals surface area contributed by atoms with E-state index in [1.54, 1.807) is 6.07 Å². The van der Waals surface area contributed by atoms with Crippen molar-refractivity contribution in [2.75, 3.05) is 6.26 Å². The van der Waals surface area contributed by atoms with E-state index in [1.807, 2.05) is 23.1 Å². The number of pyridine rings is 1. The monoisotopic (exact) mass is 398 g/mol. The van der Waals surface area contributed by atoms with E-state index >= 15 is 0 Å². The predicted molar refractivity (Wildman–Crippen MR) is 99.4 cm³/mol. The fraction of sp³-hybridized carbons (Fsp3) is 0.278. The molecule has 3 aromatic heterocycles. The van der Waals surface area contributed by atoms with Crippen molar-refractivity contribution in [1.29, 1.82) is 5.26 Å². The molecule has 0 saturated heterocycles. The number of aromatic nitrogens is 3. The Morgan fingerprint density at radius 2 is 2.33 bits per heavy atom. The number of thiophene rings is 1. The van der Waals surface area contributed by atoms with Crippen molar-refractivity contribution in [3.05, 3.63) is 45.6 Å². The molecule has 9 heteroatoms. The zero-order chi connectivity index (χ0) is 18.8. The molecule has 1 aliphatic carbocycles. The summed E-state index contributed by atoms with van der Waals surface area (Å²) in [6, 6.07) is 5.62. The molecule has 3 aromatic rings. The topological polar surface area (TPSA) is 102 Å². The lowest BCUT2D eigenvalue weighted by molar-refractivity contribution is 0.0428. The van der Waals surface area contributed by atoms with Crippen LogP contribution in [0.2, 0.25) is 0 Å². The molecule has 1 aliphatic rings. The molecular formula is C18H14N4O3S2. The molecule has 0 aliphatic heterocycles. The second-order valence-electron chi connectivity index (χ2n) is 5.96. The van der Waals surface area contributed by atoms with Gasteiger partial charge >= 0.3 is 5.97 Å². The summed E-state index contributed by atoms with van der Waals surface area (Å²) in [6.45, 7) is -0.156. The summed E-state index contributed by atoms with van der Waals surface area (Å²) in [6.07, 6.45) is 3.93. The van der Waals surface area contributed by atoms with Gasteiger partial charge in [-0.15, -0.1) is 11.8 Å². The van der Waals surface area contributed by atoms with Gasteiger partial charge in [-0.1, -0.05) is 5.16 Å². The lowest BCUT2D eigenvalue weighted by atomic mass is 10.1. The maximum Gasteiger partial charge on any atom is 0.340 e. The molecule has 0 atom stereocenters. The number of esters is 1. The maximum absolute atomic E-state index is 12.6. The number of ether oxygens (including phenoxy) is 1. The van der Waals surface area contributed by atoms with Gasteiger partial charge in [-0.05, 0) is 36.6 Å². The van der Waals surface area contributed by atoms with E-state index in [2.05, 4.69) is 21.2 Å². The van der Waals surface area contributed by atoms with E-state index in [9.17, 15) is 10.1 Å². The minimum absolute atomic E-state index is 0.156. The van der Waals surface area contributed by atoms with Gasteiger partial charge in [0.1, 0.15) is 11.1 Å². The second-order valence-corrected chi connectivity index (χ2v) is 7.54. The first-order chi connectivity index (χ1) is 13.2. The van der Waals surface area contributed by atoms with E-state index in [4.69, 9.17) is 9.26 Å². The molecule has 0 spiro atoms. The van der Waals surface area contributed by atoms with Crippen LogP contribution < -0.4 is 0 Å². The maximum atomic E-state index is 12.6. The third-order valence-corrected chi connectivity index (χ3v) is 5.47. The fourth-order valence-electron chi connectivity index (χ4n) is 2.57. The first-order valence-electron chi connectivity index (χ1n) is 8.21. The minimum atomic E-state index is -0.596. The Bertz CT molecular complexity index is 1020. The van der Waals surface area contributed by atoms with Crippen molar-refractivity contribution in [3.8, 4) is 17.5 Å². The van der Waals surface area contributed by atoms with Gasteiger partial charge in [0.25, 0.3) is 5.89 Å². The first kappa shape index (κ1) is 17.7. The van der Waals surface area contributed by atoms with Crippen LogP contribution in [0.3, 0.4) is 0 Å². The molecule has 0 aromatic carbocycles. The van der Waals surface area contributed by atoms with E-state index in [1.165, 1.54) is 23.1 Å². The SMILES string of the molecule is CSc1nc(C2CC2)cc(C(=O)OCc2nc(-c3ccsc3)no2)c1C#N. The smallest absolute Gasteiger partial charge is 0.340 e. The molecule has 1 saturated carbocycles. The molecule has 0 unspecified atom stereocenters. The van der Waals surface area contributed by atoms with Crippen LogP contribution >= 0.6 is 23.1 Å².